The van der Waals surface area contributed by atoms with Crippen LogP contribution in [0.1, 0.15) is 32.3 Å². The van der Waals surface area contributed by atoms with Crippen LogP contribution in [0.4, 0.5) is 0 Å². The minimum Gasteiger partial charge on any atom is -0.457 e. The molecule has 2 aromatic carbocycles. The van der Waals surface area contributed by atoms with Crippen molar-refractivity contribution in [3.05, 3.63) is 60.2 Å². The second-order valence-electron chi connectivity index (χ2n) is 5.46. The summed E-state index contributed by atoms with van der Waals surface area (Å²) in [5.74, 6) is 1.79. The molecule has 0 aliphatic heterocycles. The summed E-state index contributed by atoms with van der Waals surface area (Å²) in [6, 6.07) is 18.9. The fraction of sp³-hybridized carbons (Fsp3) is 0.368. The zero-order chi connectivity index (χ0) is 14.9. The van der Waals surface area contributed by atoms with Crippen LogP contribution in [0.5, 0.6) is 11.5 Å². The molecule has 0 heterocycles. The average Bonchev–Trinajstić information content (AvgIpc) is 2.52. The Morgan fingerprint density at radius 3 is 2.52 bits per heavy atom. The Morgan fingerprint density at radius 2 is 1.76 bits per heavy atom. The summed E-state index contributed by atoms with van der Waals surface area (Å²) in [4.78, 5) is 0. The van der Waals surface area contributed by atoms with Crippen LogP contribution < -0.4 is 10.1 Å². The number of hydrogen-bond donors (Lipinski definition) is 1. The number of aryl methyl sites for hydroxylation is 1. The van der Waals surface area contributed by atoms with Crippen molar-refractivity contribution in [3.8, 4) is 11.5 Å². The third-order valence-corrected chi connectivity index (χ3v) is 3.49. The van der Waals surface area contributed by atoms with Crippen LogP contribution in [0.15, 0.2) is 54.6 Å². The molecule has 0 aliphatic rings. The highest BCUT2D eigenvalue weighted by Gasteiger charge is 2.03. The molecule has 2 rings (SSSR count). The Labute approximate surface area is 128 Å². The van der Waals surface area contributed by atoms with Crippen molar-refractivity contribution in [3.63, 3.8) is 0 Å². The molecule has 0 amide bonds. The third kappa shape index (κ3) is 5.60. The lowest BCUT2D eigenvalue weighted by Gasteiger charge is -2.13. The van der Waals surface area contributed by atoms with E-state index in [0.29, 0.717) is 6.04 Å². The average molecular weight is 283 g/mol. The van der Waals surface area contributed by atoms with Gasteiger partial charge in [-0.15, -0.1) is 0 Å². The molecule has 0 aromatic heterocycles. The molecule has 112 valence electrons. The smallest absolute Gasteiger partial charge is 0.127 e. The largest absolute Gasteiger partial charge is 0.457 e. The predicted molar refractivity (Wildman–Crippen MR) is 89.0 cm³/mol. The molecule has 0 aliphatic carbocycles. The summed E-state index contributed by atoms with van der Waals surface area (Å²) in [5, 5.41) is 3.53. The van der Waals surface area contributed by atoms with Crippen LogP contribution in [0.25, 0.3) is 0 Å². The Kier molecular flexibility index (Phi) is 6.29. The van der Waals surface area contributed by atoms with Crippen molar-refractivity contribution in [1.82, 2.24) is 5.32 Å². The predicted octanol–water partition coefficient (Wildman–Crippen LogP) is 4.80. The normalized spacial score (nSPS) is 12.1. The number of rotatable bonds is 8. The molecule has 0 bridgehead atoms. The van der Waals surface area contributed by atoms with Gasteiger partial charge in [-0.1, -0.05) is 37.3 Å². The zero-order valence-electron chi connectivity index (χ0n) is 13.0. The van der Waals surface area contributed by atoms with Gasteiger partial charge in [-0.3, -0.25) is 0 Å². The van der Waals surface area contributed by atoms with Crippen LogP contribution >= 0.6 is 0 Å². The van der Waals surface area contributed by atoms with E-state index in [0.717, 1.165) is 30.9 Å². The molecule has 21 heavy (non-hydrogen) atoms. The first-order chi connectivity index (χ1) is 10.3. The number of benzene rings is 2. The lowest BCUT2D eigenvalue weighted by Crippen LogP contribution is -2.27. The van der Waals surface area contributed by atoms with Crippen LogP contribution in [-0.2, 0) is 6.42 Å². The van der Waals surface area contributed by atoms with Crippen LogP contribution in [-0.4, -0.2) is 12.6 Å². The summed E-state index contributed by atoms with van der Waals surface area (Å²) in [5.41, 5.74) is 1.33. The molecule has 0 radical (unpaired) electrons. The van der Waals surface area contributed by atoms with Gasteiger partial charge in [0.05, 0.1) is 0 Å². The zero-order valence-corrected chi connectivity index (χ0v) is 13.0. The van der Waals surface area contributed by atoms with E-state index >= 15 is 0 Å². The third-order valence-electron chi connectivity index (χ3n) is 3.49. The van der Waals surface area contributed by atoms with Crippen molar-refractivity contribution in [2.45, 2.75) is 39.2 Å². The van der Waals surface area contributed by atoms with Gasteiger partial charge >= 0.3 is 0 Å². The van der Waals surface area contributed by atoms with E-state index in [2.05, 4.69) is 37.4 Å². The van der Waals surface area contributed by atoms with Crippen molar-refractivity contribution in [1.29, 1.82) is 0 Å². The second-order valence-corrected chi connectivity index (χ2v) is 5.46. The Morgan fingerprint density at radius 1 is 1.00 bits per heavy atom. The molecule has 2 nitrogen and oxygen atoms in total. The molecule has 0 saturated heterocycles. The molecule has 2 aromatic rings. The van der Waals surface area contributed by atoms with E-state index < -0.39 is 0 Å². The highest BCUT2D eigenvalue weighted by Crippen LogP contribution is 2.22. The van der Waals surface area contributed by atoms with Crippen LogP contribution in [0, 0.1) is 0 Å². The topological polar surface area (TPSA) is 21.3 Å². The second kappa shape index (κ2) is 8.48. The number of hydrogen-bond acceptors (Lipinski definition) is 2. The van der Waals surface area contributed by atoms with Crippen molar-refractivity contribution >= 4 is 0 Å². The minimum atomic E-state index is 0.559. The van der Waals surface area contributed by atoms with E-state index in [4.69, 9.17) is 4.74 Å². The van der Waals surface area contributed by atoms with Gasteiger partial charge in [-0.25, -0.2) is 0 Å². The van der Waals surface area contributed by atoms with Crippen molar-refractivity contribution < 1.29 is 4.74 Å². The number of nitrogens with one attached hydrogen (secondary N) is 1. The molecule has 1 N–H and O–H groups in total. The van der Waals surface area contributed by atoms with E-state index in [1.165, 1.54) is 12.0 Å². The first-order valence-electron chi connectivity index (χ1n) is 7.83. The summed E-state index contributed by atoms with van der Waals surface area (Å²) < 4.78 is 5.88. The molecule has 2 heteroatoms. The fourth-order valence-corrected chi connectivity index (χ4v) is 2.27. The van der Waals surface area contributed by atoms with E-state index in [1.54, 1.807) is 0 Å². The monoisotopic (exact) mass is 283 g/mol. The first kappa shape index (κ1) is 15.6. The van der Waals surface area contributed by atoms with Gasteiger partial charge in [0.1, 0.15) is 11.5 Å². The van der Waals surface area contributed by atoms with Crippen LogP contribution in [0.3, 0.4) is 0 Å². The molecular weight excluding hydrogens is 258 g/mol. The van der Waals surface area contributed by atoms with Gasteiger partial charge in [0.15, 0.2) is 0 Å². The molecule has 1 unspecified atom stereocenters. The van der Waals surface area contributed by atoms with Gasteiger partial charge in [0.2, 0.25) is 0 Å². The quantitative estimate of drug-likeness (QED) is 0.751. The summed E-state index contributed by atoms with van der Waals surface area (Å²) in [6.45, 7) is 5.54. The van der Waals surface area contributed by atoms with Gasteiger partial charge < -0.3 is 10.1 Å². The lowest BCUT2D eigenvalue weighted by molar-refractivity contribution is 0.480. The van der Waals surface area contributed by atoms with Crippen molar-refractivity contribution in [2.24, 2.45) is 0 Å². The maximum absolute atomic E-state index is 5.88. The van der Waals surface area contributed by atoms with Gasteiger partial charge in [0, 0.05) is 6.04 Å². The van der Waals surface area contributed by atoms with E-state index in [1.807, 2.05) is 36.4 Å². The van der Waals surface area contributed by atoms with Crippen LogP contribution in [0.2, 0.25) is 0 Å². The number of para-hydroxylation sites is 1. The standard InChI is InChI=1S/C19H25NO/c1-3-14-20-16(2)12-13-17-8-7-11-19(15-17)21-18-9-5-4-6-10-18/h4-11,15-16,20H,3,12-14H2,1-2H3. The van der Waals surface area contributed by atoms with E-state index in [9.17, 15) is 0 Å². The fourth-order valence-electron chi connectivity index (χ4n) is 2.27. The van der Waals surface area contributed by atoms with Crippen molar-refractivity contribution in [2.75, 3.05) is 6.54 Å². The highest BCUT2D eigenvalue weighted by molar-refractivity contribution is 5.33. The SMILES string of the molecule is CCCNC(C)CCc1cccc(Oc2ccccc2)c1. The Balaban J connectivity index is 1.89. The Hall–Kier alpha value is -1.80. The molecule has 0 spiro atoms. The van der Waals surface area contributed by atoms with E-state index in [-0.39, 0.29) is 0 Å². The van der Waals surface area contributed by atoms with Gasteiger partial charge in [0.25, 0.3) is 0 Å². The maximum Gasteiger partial charge on any atom is 0.127 e. The molecular formula is C19H25NO. The summed E-state index contributed by atoms with van der Waals surface area (Å²) in [6.07, 6.45) is 3.41. The first-order valence-corrected chi connectivity index (χ1v) is 7.83. The molecule has 0 fully saturated rings. The minimum absolute atomic E-state index is 0.559. The summed E-state index contributed by atoms with van der Waals surface area (Å²) >= 11 is 0. The highest BCUT2D eigenvalue weighted by atomic mass is 16.5. The van der Waals surface area contributed by atoms with Gasteiger partial charge in [-0.2, -0.15) is 0 Å². The Bertz CT molecular complexity index is 524. The summed E-state index contributed by atoms with van der Waals surface area (Å²) in [7, 11) is 0. The molecule has 0 saturated carbocycles. The lowest BCUT2D eigenvalue weighted by atomic mass is 10.1. The number of ether oxygens (including phenoxy) is 1. The molecule has 1 atom stereocenters. The maximum atomic E-state index is 5.88. The van der Waals surface area contributed by atoms with Gasteiger partial charge in [-0.05, 0) is 62.6 Å².